The Morgan fingerprint density at radius 3 is 2.54 bits per heavy atom. The average Bonchev–Trinajstić information content (AvgIpc) is 2.58. The maximum Gasteiger partial charge on any atom is 0.257 e. The van der Waals surface area contributed by atoms with E-state index in [1.54, 1.807) is 42.5 Å². The third kappa shape index (κ3) is 6.04. The van der Waals surface area contributed by atoms with Crippen LogP contribution in [-0.2, 0) is 0 Å². The molecule has 0 aliphatic rings. The summed E-state index contributed by atoms with van der Waals surface area (Å²) in [6.45, 7) is 6.84. The Kier molecular flexibility index (Phi) is 6.97. The van der Waals surface area contributed by atoms with Crippen LogP contribution in [0.5, 0.6) is 11.5 Å². The molecule has 5 nitrogen and oxygen atoms in total. The molecule has 0 atom stereocenters. The van der Waals surface area contributed by atoms with Crippen LogP contribution in [0.3, 0.4) is 0 Å². The summed E-state index contributed by atoms with van der Waals surface area (Å²) in [6, 6.07) is 12.0. The highest BCUT2D eigenvalue weighted by molar-refractivity contribution is 7.80. The van der Waals surface area contributed by atoms with Gasteiger partial charge in [0, 0.05) is 5.56 Å². The van der Waals surface area contributed by atoms with E-state index >= 15 is 0 Å². The molecule has 0 fully saturated rings. The van der Waals surface area contributed by atoms with E-state index in [0.717, 1.165) is 17.7 Å². The molecule has 0 aliphatic heterocycles. The number of ether oxygens (including phenoxy) is 1. The third-order valence-corrected chi connectivity index (χ3v) is 3.91. The van der Waals surface area contributed by atoms with Gasteiger partial charge < -0.3 is 15.2 Å². The molecule has 26 heavy (non-hydrogen) atoms. The van der Waals surface area contributed by atoms with Crippen LogP contribution in [-0.4, -0.2) is 22.7 Å². The fourth-order valence-electron chi connectivity index (χ4n) is 2.19. The molecular formula is C20H24N2O3S. The summed E-state index contributed by atoms with van der Waals surface area (Å²) < 4.78 is 5.64. The van der Waals surface area contributed by atoms with Gasteiger partial charge in [0.2, 0.25) is 0 Å². The van der Waals surface area contributed by atoms with E-state index in [1.165, 1.54) is 0 Å². The molecule has 2 rings (SSSR count). The zero-order valence-electron chi connectivity index (χ0n) is 15.2. The van der Waals surface area contributed by atoms with Crippen molar-refractivity contribution in [1.82, 2.24) is 5.32 Å². The van der Waals surface area contributed by atoms with E-state index in [-0.39, 0.29) is 16.8 Å². The number of carbonyl (C=O) groups is 1. The number of phenols is 1. The lowest BCUT2D eigenvalue weighted by Crippen LogP contribution is -2.34. The van der Waals surface area contributed by atoms with Gasteiger partial charge in [-0.15, -0.1) is 0 Å². The second-order valence-corrected chi connectivity index (χ2v) is 6.89. The van der Waals surface area contributed by atoms with Crippen molar-refractivity contribution in [2.75, 3.05) is 11.9 Å². The molecular weight excluding hydrogens is 348 g/mol. The molecule has 0 heterocycles. The molecule has 3 N–H and O–H groups in total. The Balaban J connectivity index is 1.90. The number of aromatic hydroxyl groups is 1. The van der Waals surface area contributed by atoms with Crippen molar-refractivity contribution in [2.24, 2.45) is 5.92 Å². The Morgan fingerprint density at radius 2 is 1.88 bits per heavy atom. The SMILES string of the molecule is Cc1ccc(O)c(NC(=S)NC(=O)c2ccc(OCCC(C)C)cc2)c1. The highest BCUT2D eigenvalue weighted by Crippen LogP contribution is 2.23. The number of anilines is 1. The van der Waals surface area contributed by atoms with Gasteiger partial charge in [-0.1, -0.05) is 19.9 Å². The Labute approximate surface area is 159 Å². The number of hydrogen-bond acceptors (Lipinski definition) is 4. The van der Waals surface area contributed by atoms with Gasteiger partial charge in [0.25, 0.3) is 5.91 Å². The van der Waals surface area contributed by atoms with E-state index in [0.29, 0.717) is 23.8 Å². The molecule has 138 valence electrons. The number of thiocarbonyl (C=S) groups is 1. The lowest BCUT2D eigenvalue weighted by atomic mass is 10.1. The van der Waals surface area contributed by atoms with Crippen molar-refractivity contribution in [3.63, 3.8) is 0 Å². The van der Waals surface area contributed by atoms with Crippen molar-refractivity contribution >= 4 is 28.9 Å². The quantitative estimate of drug-likeness (QED) is 0.522. The maximum absolute atomic E-state index is 12.3. The van der Waals surface area contributed by atoms with Crippen LogP contribution >= 0.6 is 12.2 Å². The van der Waals surface area contributed by atoms with Crippen molar-refractivity contribution in [3.8, 4) is 11.5 Å². The fraction of sp³-hybridized carbons (Fsp3) is 0.300. The first-order chi connectivity index (χ1) is 12.3. The van der Waals surface area contributed by atoms with Crippen molar-refractivity contribution in [1.29, 1.82) is 0 Å². The lowest BCUT2D eigenvalue weighted by molar-refractivity contribution is 0.0977. The van der Waals surface area contributed by atoms with E-state index in [2.05, 4.69) is 24.5 Å². The monoisotopic (exact) mass is 372 g/mol. The van der Waals surface area contributed by atoms with Gasteiger partial charge in [-0.25, -0.2) is 0 Å². The molecule has 0 radical (unpaired) electrons. The number of nitrogens with one attached hydrogen (secondary N) is 2. The molecule has 0 unspecified atom stereocenters. The van der Waals surface area contributed by atoms with Crippen LogP contribution in [0.1, 0.15) is 36.2 Å². The van der Waals surface area contributed by atoms with Crippen LogP contribution in [0.4, 0.5) is 5.69 Å². The van der Waals surface area contributed by atoms with E-state index < -0.39 is 0 Å². The molecule has 0 saturated carbocycles. The van der Waals surface area contributed by atoms with Crippen molar-refractivity contribution in [2.45, 2.75) is 27.2 Å². The summed E-state index contributed by atoms with van der Waals surface area (Å²) in [6.07, 6.45) is 0.980. The van der Waals surface area contributed by atoms with Crippen LogP contribution < -0.4 is 15.4 Å². The van der Waals surface area contributed by atoms with Crippen LogP contribution in [0.2, 0.25) is 0 Å². The first kappa shape index (κ1) is 19.7. The minimum atomic E-state index is -0.330. The van der Waals surface area contributed by atoms with Crippen LogP contribution in [0.15, 0.2) is 42.5 Å². The predicted octanol–water partition coefficient (Wildman–Crippen LogP) is 4.25. The van der Waals surface area contributed by atoms with Crippen LogP contribution in [0, 0.1) is 12.8 Å². The number of carbonyl (C=O) groups excluding carboxylic acids is 1. The van der Waals surface area contributed by atoms with Gasteiger partial charge in [0.05, 0.1) is 12.3 Å². The lowest BCUT2D eigenvalue weighted by Gasteiger charge is -2.12. The molecule has 0 aromatic heterocycles. The van der Waals surface area contributed by atoms with Gasteiger partial charge in [0.1, 0.15) is 11.5 Å². The molecule has 6 heteroatoms. The standard InChI is InChI=1S/C20H24N2O3S/c1-13(2)10-11-25-16-7-5-15(6-8-16)19(24)22-20(26)21-17-12-14(3)4-9-18(17)23/h4-9,12-13,23H,10-11H2,1-3H3,(H2,21,22,24,26). The van der Waals surface area contributed by atoms with Gasteiger partial charge >= 0.3 is 0 Å². The third-order valence-electron chi connectivity index (χ3n) is 3.71. The Morgan fingerprint density at radius 1 is 1.19 bits per heavy atom. The summed E-state index contributed by atoms with van der Waals surface area (Å²) in [5.41, 5.74) is 1.88. The fourth-order valence-corrected chi connectivity index (χ4v) is 2.40. The molecule has 0 saturated heterocycles. The van der Waals surface area contributed by atoms with Crippen LogP contribution in [0.25, 0.3) is 0 Å². The predicted molar refractivity (Wildman–Crippen MR) is 108 cm³/mol. The summed E-state index contributed by atoms with van der Waals surface area (Å²) in [5, 5.41) is 15.4. The zero-order chi connectivity index (χ0) is 19.1. The summed E-state index contributed by atoms with van der Waals surface area (Å²) in [4.78, 5) is 12.3. The van der Waals surface area contributed by atoms with E-state index in [4.69, 9.17) is 17.0 Å². The number of amides is 1. The number of benzene rings is 2. The number of rotatable bonds is 6. The highest BCUT2D eigenvalue weighted by Gasteiger charge is 2.10. The van der Waals surface area contributed by atoms with Gasteiger partial charge in [-0.05, 0) is 73.4 Å². The molecule has 0 spiro atoms. The number of hydrogen-bond donors (Lipinski definition) is 3. The van der Waals surface area contributed by atoms with Gasteiger partial charge in [-0.3, -0.25) is 10.1 Å². The first-order valence-corrected chi connectivity index (χ1v) is 8.91. The smallest absolute Gasteiger partial charge is 0.257 e. The summed E-state index contributed by atoms with van der Waals surface area (Å²) in [5.74, 6) is 1.05. The maximum atomic E-state index is 12.3. The summed E-state index contributed by atoms with van der Waals surface area (Å²) >= 11 is 5.14. The average molecular weight is 372 g/mol. The van der Waals surface area contributed by atoms with Gasteiger partial charge in [0.15, 0.2) is 5.11 Å². The molecule has 1 amide bonds. The Hall–Kier alpha value is -2.60. The first-order valence-electron chi connectivity index (χ1n) is 8.50. The van der Waals surface area contributed by atoms with Gasteiger partial charge in [-0.2, -0.15) is 0 Å². The van der Waals surface area contributed by atoms with Crippen molar-refractivity contribution < 1.29 is 14.6 Å². The van der Waals surface area contributed by atoms with E-state index in [9.17, 15) is 9.90 Å². The summed E-state index contributed by atoms with van der Waals surface area (Å²) in [7, 11) is 0. The highest BCUT2D eigenvalue weighted by atomic mass is 32.1. The molecule has 0 aliphatic carbocycles. The number of aryl methyl sites for hydroxylation is 1. The molecule has 2 aromatic carbocycles. The minimum Gasteiger partial charge on any atom is -0.506 e. The zero-order valence-corrected chi connectivity index (χ0v) is 16.0. The second kappa shape index (κ2) is 9.20. The topological polar surface area (TPSA) is 70.6 Å². The Bertz CT molecular complexity index is 773. The molecule has 2 aromatic rings. The minimum absolute atomic E-state index is 0.0649. The largest absolute Gasteiger partial charge is 0.506 e. The van der Waals surface area contributed by atoms with E-state index in [1.807, 2.05) is 6.92 Å². The normalized spacial score (nSPS) is 10.5. The molecule has 0 bridgehead atoms. The second-order valence-electron chi connectivity index (χ2n) is 6.48. The van der Waals surface area contributed by atoms with Crippen molar-refractivity contribution in [3.05, 3.63) is 53.6 Å². The number of phenolic OH excluding ortho intramolecular Hbond substituents is 1.